The van der Waals surface area contributed by atoms with Crippen molar-refractivity contribution < 1.29 is 9.13 Å². The fourth-order valence-corrected chi connectivity index (χ4v) is 2.77. The van der Waals surface area contributed by atoms with E-state index in [-0.39, 0.29) is 18.1 Å². The Bertz CT molecular complexity index is 1150. The van der Waals surface area contributed by atoms with E-state index in [1.807, 2.05) is 26.0 Å². The Hall–Kier alpha value is -3.62. The highest BCUT2D eigenvalue weighted by molar-refractivity contribution is 5.98. The molecule has 0 N–H and O–H groups in total. The Morgan fingerprint density at radius 1 is 1.13 bits per heavy atom. The van der Waals surface area contributed by atoms with Crippen LogP contribution in [-0.2, 0) is 18.4 Å². The number of rotatable bonds is 6. The molecule has 0 amide bonds. The molecule has 30 heavy (non-hydrogen) atoms. The van der Waals surface area contributed by atoms with Gasteiger partial charge in [-0.3, -0.25) is 0 Å². The van der Waals surface area contributed by atoms with Crippen LogP contribution < -0.4 is 5.69 Å². The number of ether oxygens (including phenoxy) is 1. The van der Waals surface area contributed by atoms with Crippen molar-refractivity contribution >= 4 is 11.6 Å². The highest BCUT2D eigenvalue weighted by Gasteiger charge is 2.14. The van der Waals surface area contributed by atoms with Crippen LogP contribution in [0.2, 0.25) is 0 Å². The minimum atomic E-state index is -0.342. The van der Waals surface area contributed by atoms with Gasteiger partial charge in [-0.2, -0.15) is 14.5 Å². The summed E-state index contributed by atoms with van der Waals surface area (Å²) in [6, 6.07) is 11.6. The zero-order valence-corrected chi connectivity index (χ0v) is 17.3. The fourth-order valence-electron chi connectivity index (χ4n) is 2.77. The standard InChI is InChI=1S/C21H23FN6O2/c1-5-20(24-23-15(3)16-9-11-17(22)12-10-16)30-13-18-14(2)7-6-8-19(18)28-21(29)27(4)25-26-28/h6-12H,5,13H2,1-4H3. The first kappa shape index (κ1) is 21.1. The van der Waals surface area contributed by atoms with Crippen LogP contribution in [0.5, 0.6) is 0 Å². The predicted molar refractivity (Wildman–Crippen MR) is 112 cm³/mol. The summed E-state index contributed by atoms with van der Waals surface area (Å²) >= 11 is 0. The first-order valence-corrected chi connectivity index (χ1v) is 9.48. The third-order valence-electron chi connectivity index (χ3n) is 4.59. The number of hydrogen-bond acceptors (Lipinski definition) is 6. The molecular formula is C21H23FN6O2. The zero-order valence-electron chi connectivity index (χ0n) is 17.3. The molecule has 8 nitrogen and oxygen atoms in total. The predicted octanol–water partition coefficient (Wildman–Crippen LogP) is 3.16. The van der Waals surface area contributed by atoms with Gasteiger partial charge in [0.1, 0.15) is 12.4 Å². The summed E-state index contributed by atoms with van der Waals surface area (Å²) in [5.74, 6) is 0.140. The Morgan fingerprint density at radius 3 is 2.50 bits per heavy atom. The molecule has 0 unspecified atom stereocenters. The minimum absolute atomic E-state index is 0.197. The van der Waals surface area contributed by atoms with E-state index < -0.39 is 0 Å². The Balaban J connectivity index is 1.82. The zero-order chi connectivity index (χ0) is 21.7. The van der Waals surface area contributed by atoms with Crippen LogP contribution in [0.3, 0.4) is 0 Å². The molecule has 156 valence electrons. The van der Waals surface area contributed by atoms with Crippen LogP contribution in [0.1, 0.15) is 37.0 Å². The van der Waals surface area contributed by atoms with Gasteiger partial charge in [-0.15, -0.1) is 5.10 Å². The summed E-state index contributed by atoms with van der Waals surface area (Å²) in [5.41, 5.74) is 3.44. The first-order chi connectivity index (χ1) is 14.4. The van der Waals surface area contributed by atoms with Gasteiger partial charge < -0.3 is 4.74 Å². The van der Waals surface area contributed by atoms with E-state index in [0.717, 1.165) is 16.7 Å². The van der Waals surface area contributed by atoms with Crippen molar-refractivity contribution in [3.8, 4) is 5.69 Å². The summed E-state index contributed by atoms with van der Waals surface area (Å²) in [6.45, 7) is 5.84. The lowest BCUT2D eigenvalue weighted by Gasteiger charge is -2.13. The molecule has 0 spiro atoms. The molecular weight excluding hydrogens is 387 g/mol. The topological polar surface area (TPSA) is 86.7 Å². The van der Waals surface area contributed by atoms with E-state index in [2.05, 4.69) is 20.6 Å². The molecule has 0 saturated heterocycles. The lowest BCUT2D eigenvalue weighted by Crippen LogP contribution is -2.23. The molecule has 0 bridgehead atoms. The molecule has 1 heterocycles. The highest BCUT2D eigenvalue weighted by Crippen LogP contribution is 2.18. The van der Waals surface area contributed by atoms with Gasteiger partial charge in [-0.1, -0.05) is 31.2 Å². The van der Waals surface area contributed by atoms with Crippen molar-refractivity contribution in [2.45, 2.75) is 33.8 Å². The molecule has 3 aromatic rings. The maximum atomic E-state index is 13.1. The molecule has 0 saturated carbocycles. The van der Waals surface area contributed by atoms with Gasteiger partial charge in [0.2, 0.25) is 5.90 Å². The van der Waals surface area contributed by atoms with Gasteiger partial charge in [0, 0.05) is 19.0 Å². The van der Waals surface area contributed by atoms with Gasteiger partial charge in [0.25, 0.3) is 0 Å². The summed E-state index contributed by atoms with van der Waals surface area (Å²) in [4.78, 5) is 12.3. The number of tetrazole rings is 1. The Labute approximate surface area is 173 Å². The normalized spacial score (nSPS) is 12.3. The van der Waals surface area contributed by atoms with E-state index in [1.54, 1.807) is 32.2 Å². The van der Waals surface area contributed by atoms with Crippen LogP contribution in [-0.4, -0.2) is 31.4 Å². The number of halogens is 1. The average molecular weight is 410 g/mol. The Morgan fingerprint density at radius 2 is 1.87 bits per heavy atom. The van der Waals surface area contributed by atoms with Crippen LogP contribution in [0.15, 0.2) is 57.5 Å². The highest BCUT2D eigenvalue weighted by atomic mass is 19.1. The maximum absolute atomic E-state index is 13.1. The summed E-state index contributed by atoms with van der Waals surface area (Å²) < 4.78 is 21.4. The largest absolute Gasteiger partial charge is 0.475 e. The third-order valence-corrected chi connectivity index (χ3v) is 4.59. The Kier molecular flexibility index (Phi) is 6.51. The molecule has 0 atom stereocenters. The van der Waals surface area contributed by atoms with Crippen LogP contribution in [0.25, 0.3) is 5.69 Å². The van der Waals surface area contributed by atoms with E-state index in [0.29, 0.717) is 23.7 Å². The van der Waals surface area contributed by atoms with Crippen LogP contribution >= 0.6 is 0 Å². The molecule has 0 aliphatic carbocycles. The molecule has 2 aromatic carbocycles. The monoisotopic (exact) mass is 410 g/mol. The van der Waals surface area contributed by atoms with Crippen molar-refractivity contribution in [1.82, 2.24) is 19.8 Å². The average Bonchev–Trinajstić information content (AvgIpc) is 3.07. The lowest BCUT2D eigenvalue weighted by molar-refractivity contribution is 0.282. The van der Waals surface area contributed by atoms with Gasteiger partial charge in [0.15, 0.2) is 0 Å². The number of hydrogen-bond donors (Lipinski definition) is 0. The minimum Gasteiger partial charge on any atom is -0.475 e. The lowest BCUT2D eigenvalue weighted by atomic mass is 10.1. The molecule has 0 radical (unpaired) electrons. The van der Waals surface area contributed by atoms with Crippen molar-refractivity contribution in [2.24, 2.45) is 17.3 Å². The second kappa shape index (κ2) is 9.25. The molecule has 1 aromatic heterocycles. The second-order valence-electron chi connectivity index (χ2n) is 6.70. The number of aryl methyl sites for hydroxylation is 2. The number of nitrogens with zero attached hydrogens (tertiary/aromatic N) is 6. The molecule has 9 heteroatoms. The van der Waals surface area contributed by atoms with E-state index in [1.165, 1.54) is 21.5 Å². The van der Waals surface area contributed by atoms with Gasteiger partial charge in [-0.05, 0) is 53.6 Å². The van der Waals surface area contributed by atoms with Crippen molar-refractivity contribution in [3.05, 3.63) is 75.5 Å². The number of benzene rings is 2. The van der Waals surface area contributed by atoms with Crippen molar-refractivity contribution in [3.63, 3.8) is 0 Å². The van der Waals surface area contributed by atoms with Gasteiger partial charge >= 0.3 is 5.69 Å². The fraction of sp³-hybridized carbons (Fsp3) is 0.286. The summed E-state index contributed by atoms with van der Waals surface area (Å²) in [7, 11) is 1.54. The third kappa shape index (κ3) is 4.68. The summed E-state index contributed by atoms with van der Waals surface area (Å²) in [6.07, 6.45) is 0.534. The van der Waals surface area contributed by atoms with Gasteiger partial charge in [0.05, 0.1) is 11.4 Å². The van der Waals surface area contributed by atoms with Crippen molar-refractivity contribution in [1.29, 1.82) is 0 Å². The quantitative estimate of drug-likeness (QED) is 0.355. The smallest absolute Gasteiger partial charge is 0.368 e. The SMILES string of the molecule is CCC(=NN=C(C)c1ccc(F)cc1)OCc1c(C)cccc1-n1nnn(C)c1=O. The molecule has 0 aliphatic heterocycles. The van der Waals surface area contributed by atoms with Crippen LogP contribution in [0.4, 0.5) is 4.39 Å². The number of aromatic nitrogens is 4. The van der Waals surface area contributed by atoms with Crippen molar-refractivity contribution in [2.75, 3.05) is 0 Å². The maximum Gasteiger partial charge on any atom is 0.368 e. The first-order valence-electron chi connectivity index (χ1n) is 9.48. The van der Waals surface area contributed by atoms with E-state index >= 15 is 0 Å². The van der Waals surface area contributed by atoms with E-state index in [9.17, 15) is 9.18 Å². The molecule has 0 fully saturated rings. The van der Waals surface area contributed by atoms with Gasteiger partial charge in [-0.25, -0.2) is 9.18 Å². The molecule has 0 aliphatic rings. The van der Waals surface area contributed by atoms with E-state index in [4.69, 9.17) is 4.74 Å². The molecule has 3 rings (SSSR count). The second-order valence-corrected chi connectivity index (χ2v) is 6.70. The van der Waals surface area contributed by atoms with Crippen LogP contribution in [0, 0.1) is 12.7 Å². The summed E-state index contributed by atoms with van der Waals surface area (Å²) in [5, 5.41) is 16.1.